The van der Waals surface area contributed by atoms with E-state index in [0.29, 0.717) is 13.1 Å². The smallest absolute Gasteiger partial charge is 0.410 e. The van der Waals surface area contributed by atoms with Crippen LogP contribution in [0.2, 0.25) is 0 Å². The number of hydrogen-bond donors (Lipinski definition) is 1. The molecule has 1 aliphatic carbocycles. The Morgan fingerprint density at radius 2 is 1.89 bits per heavy atom. The van der Waals surface area contributed by atoms with Gasteiger partial charge in [-0.2, -0.15) is 8.42 Å². The van der Waals surface area contributed by atoms with Crippen molar-refractivity contribution in [1.29, 1.82) is 0 Å². The number of likely N-dealkylation sites (tertiary alicyclic amines) is 1. The molecule has 0 radical (unpaired) electrons. The van der Waals surface area contributed by atoms with Crippen LogP contribution in [-0.2, 0) is 14.9 Å². The highest BCUT2D eigenvalue weighted by atomic mass is 32.2. The summed E-state index contributed by atoms with van der Waals surface area (Å²) >= 11 is 0. The summed E-state index contributed by atoms with van der Waals surface area (Å²) in [7, 11) is -3.88. The number of rotatable bonds is 2. The molecule has 2 rings (SSSR count). The molecular weight excluding hydrogens is 270 g/mol. The van der Waals surface area contributed by atoms with Crippen LogP contribution in [0.25, 0.3) is 0 Å². The number of carbonyl (C=O) groups excluding carboxylic acids is 1. The van der Waals surface area contributed by atoms with Crippen LogP contribution in [0.5, 0.6) is 0 Å². The second-order valence-corrected chi connectivity index (χ2v) is 8.36. The van der Waals surface area contributed by atoms with Crippen molar-refractivity contribution < 1.29 is 22.5 Å². The minimum Gasteiger partial charge on any atom is -0.444 e. The standard InChI is InChI=1S/C12H21NO5S/c1-11(2,3)18-10(14)13-7-12(8-13)4-9(5-12)6-19(15,16)17/h9H,4-8H2,1-3H3,(H,15,16,17). The molecule has 6 nitrogen and oxygen atoms in total. The van der Waals surface area contributed by atoms with Gasteiger partial charge in [-0.3, -0.25) is 4.55 Å². The van der Waals surface area contributed by atoms with E-state index in [0.717, 1.165) is 12.8 Å². The molecule has 1 saturated heterocycles. The molecule has 0 bridgehead atoms. The summed E-state index contributed by atoms with van der Waals surface area (Å²) in [6.45, 7) is 6.73. The Morgan fingerprint density at radius 1 is 1.37 bits per heavy atom. The highest BCUT2D eigenvalue weighted by Gasteiger charge is 2.54. The Balaban J connectivity index is 1.75. The molecule has 1 saturated carbocycles. The molecule has 1 N–H and O–H groups in total. The van der Waals surface area contributed by atoms with E-state index in [4.69, 9.17) is 9.29 Å². The van der Waals surface area contributed by atoms with Crippen LogP contribution in [0.1, 0.15) is 33.6 Å². The highest BCUT2D eigenvalue weighted by molar-refractivity contribution is 7.85. The van der Waals surface area contributed by atoms with Gasteiger partial charge < -0.3 is 9.64 Å². The average molecular weight is 291 g/mol. The third kappa shape index (κ3) is 3.60. The molecule has 2 aliphatic rings. The maximum Gasteiger partial charge on any atom is 0.410 e. The van der Waals surface area contributed by atoms with Gasteiger partial charge in [0.1, 0.15) is 5.60 Å². The summed E-state index contributed by atoms with van der Waals surface area (Å²) in [5, 5.41) is 0. The number of carbonyl (C=O) groups is 1. The van der Waals surface area contributed by atoms with Crippen LogP contribution in [0.15, 0.2) is 0 Å². The van der Waals surface area contributed by atoms with Crippen molar-refractivity contribution in [1.82, 2.24) is 4.90 Å². The lowest BCUT2D eigenvalue weighted by Crippen LogP contribution is -2.64. The zero-order valence-electron chi connectivity index (χ0n) is 11.5. The highest BCUT2D eigenvalue weighted by Crippen LogP contribution is 2.52. The molecular formula is C12H21NO5S. The van der Waals surface area contributed by atoms with Crippen molar-refractivity contribution in [2.24, 2.45) is 11.3 Å². The van der Waals surface area contributed by atoms with E-state index in [-0.39, 0.29) is 23.2 Å². The van der Waals surface area contributed by atoms with Gasteiger partial charge in [0.15, 0.2) is 0 Å². The first-order chi connectivity index (χ1) is 8.48. The molecule has 19 heavy (non-hydrogen) atoms. The first kappa shape index (κ1) is 14.6. The van der Waals surface area contributed by atoms with Crippen molar-refractivity contribution in [3.05, 3.63) is 0 Å². The van der Waals surface area contributed by atoms with Crippen molar-refractivity contribution in [3.63, 3.8) is 0 Å². The third-order valence-electron chi connectivity index (χ3n) is 3.59. The zero-order chi connectivity index (χ0) is 14.5. The fourth-order valence-corrected chi connectivity index (χ4v) is 3.89. The van der Waals surface area contributed by atoms with Gasteiger partial charge in [0.05, 0.1) is 5.75 Å². The Labute approximate surface area is 113 Å². The number of nitrogens with zero attached hydrogens (tertiary/aromatic N) is 1. The molecule has 0 aromatic carbocycles. The maximum absolute atomic E-state index is 11.7. The maximum atomic E-state index is 11.7. The monoisotopic (exact) mass is 291 g/mol. The van der Waals surface area contributed by atoms with Crippen molar-refractivity contribution in [3.8, 4) is 0 Å². The molecule has 2 fully saturated rings. The lowest BCUT2D eigenvalue weighted by molar-refractivity contribution is -0.0904. The largest absolute Gasteiger partial charge is 0.444 e. The lowest BCUT2D eigenvalue weighted by Gasteiger charge is -2.58. The summed E-state index contributed by atoms with van der Waals surface area (Å²) in [4.78, 5) is 13.4. The van der Waals surface area contributed by atoms with Crippen LogP contribution < -0.4 is 0 Å². The van der Waals surface area contributed by atoms with E-state index in [2.05, 4.69) is 0 Å². The van der Waals surface area contributed by atoms with Gasteiger partial charge in [-0.1, -0.05) is 0 Å². The van der Waals surface area contributed by atoms with Gasteiger partial charge in [-0.15, -0.1) is 0 Å². The van der Waals surface area contributed by atoms with Gasteiger partial charge in [0.25, 0.3) is 10.1 Å². The van der Waals surface area contributed by atoms with Crippen LogP contribution in [0, 0.1) is 11.3 Å². The van der Waals surface area contributed by atoms with Gasteiger partial charge in [-0.05, 0) is 39.5 Å². The van der Waals surface area contributed by atoms with E-state index in [1.54, 1.807) is 4.90 Å². The fraction of sp³-hybridized carbons (Fsp3) is 0.917. The minimum absolute atomic E-state index is 0.0239. The average Bonchev–Trinajstić information content (AvgIpc) is 2.00. The quantitative estimate of drug-likeness (QED) is 0.780. The minimum atomic E-state index is -3.88. The second-order valence-electron chi connectivity index (χ2n) is 6.86. The molecule has 1 spiro atoms. The Morgan fingerprint density at radius 3 is 2.32 bits per heavy atom. The van der Waals surface area contributed by atoms with Gasteiger partial charge in [-0.25, -0.2) is 4.79 Å². The first-order valence-electron chi connectivity index (χ1n) is 6.41. The molecule has 0 atom stereocenters. The summed E-state index contributed by atoms with van der Waals surface area (Å²) in [6, 6.07) is 0. The second kappa shape index (κ2) is 4.34. The normalized spacial score (nSPS) is 22.8. The first-order valence-corrected chi connectivity index (χ1v) is 8.02. The summed E-state index contributed by atoms with van der Waals surface area (Å²) < 4.78 is 35.5. The Bertz CT molecular complexity index is 465. The summed E-state index contributed by atoms with van der Waals surface area (Å²) in [6.07, 6.45) is 1.20. The number of amides is 1. The Hall–Kier alpha value is -0.820. The van der Waals surface area contributed by atoms with E-state index in [1.165, 1.54) is 0 Å². The van der Waals surface area contributed by atoms with Gasteiger partial charge in [0, 0.05) is 18.5 Å². The molecule has 1 amide bonds. The predicted octanol–water partition coefficient (Wildman–Crippen LogP) is 1.52. The lowest BCUT2D eigenvalue weighted by atomic mass is 9.58. The van der Waals surface area contributed by atoms with E-state index in [1.807, 2.05) is 20.8 Å². The Kier molecular flexibility index (Phi) is 3.33. The van der Waals surface area contributed by atoms with E-state index < -0.39 is 15.7 Å². The van der Waals surface area contributed by atoms with E-state index >= 15 is 0 Å². The number of hydrogen-bond acceptors (Lipinski definition) is 4. The van der Waals surface area contributed by atoms with Gasteiger partial charge >= 0.3 is 6.09 Å². The van der Waals surface area contributed by atoms with Crippen LogP contribution >= 0.6 is 0 Å². The topological polar surface area (TPSA) is 83.9 Å². The molecule has 0 aromatic heterocycles. The number of ether oxygens (including phenoxy) is 1. The van der Waals surface area contributed by atoms with Crippen molar-refractivity contribution in [2.75, 3.05) is 18.8 Å². The summed E-state index contributed by atoms with van der Waals surface area (Å²) in [5.41, 5.74) is -0.431. The van der Waals surface area contributed by atoms with Crippen LogP contribution in [0.4, 0.5) is 4.79 Å². The van der Waals surface area contributed by atoms with E-state index in [9.17, 15) is 13.2 Å². The molecule has 1 heterocycles. The molecule has 7 heteroatoms. The predicted molar refractivity (Wildman–Crippen MR) is 69.4 cm³/mol. The molecule has 0 aromatic rings. The fourth-order valence-electron chi connectivity index (χ4n) is 3.06. The van der Waals surface area contributed by atoms with Crippen LogP contribution in [0.3, 0.4) is 0 Å². The summed E-state index contributed by atoms with van der Waals surface area (Å²) in [5.74, 6) is -0.142. The molecule has 0 unspecified atom stereocenters. The van der Waals surface area contributed by atoms with Crippen molar-refractivity contribution in [2.45, 2.75) is 39.2 Å². The van der Waals surface area contributed by atoms with Gasteiger partial charge in [0.2, 0.25) is 0 Å². The molecule has 110 valence electrons. The third-order valence-corrected chi connectivity index (χ3v) is 4.49. The SMILES string of the molecule is CC(C)(C)OC(=O)N1CC2(CC(CS(=O)(=O)O)C2)C1. The van der Waals surface area contributed by atoms with Crippen LogP contribution in [-0.4, -0.2) is 48.4 Å². The molecule has 1 aliphatic heterocycles. The van der Waals surface area contributed by atoms with Crippen molar-refractivity contribution >= 4 is 16.2 Å². The zero-order valence-corrected chi connectivity index (χ0v) is 12.4.